The third-order valence-electron chi connectivity index (χ3n) is 6.14. The lowest BCUT2D eigenvalue weighted by Gasteiger charge is -2.36. The summed E-state index contributed by atoms with van der Waals surface area (Å²) in [7, 11) is 0. The third kappa shape index (κ3) is 5.92. The van der Waals surface area contributed by atoms with E-state index in [9.17, 15) is 39.9 Å². The molecule has 0 bridgehead atoms. The van der Waals surface area contributed by atoms with E-state index in [-0.39, 0.29) is 11.3 Å². The highest BCUT2D eigenvalue weighted by atomic mass is 19.4. The lowest BCUT2D eigenvalue weighted by atomic mass is 9.95. The van der Waals surface area contributed by atoms with Crippen LogP contribution in [0.3, 0.4) is 0 Å². The highest BCUT2D eigenvalue weighted by molar-refractivity contribution is 5.88. The Morgan fingerprint density at radius 1 is 0.950 bits per heavy atom. The lowest BCUT2D eigenvalue weighted by Crippen LogP contribution is -2.62. The quantitative estimate of drug-likeness (QED) is 0.120. The number of nitrogens with zero attached hydrogens (tertiary/aromatic N) is 2. The first-order valence-electron chi connectivity index (χ1n) is 12.1. The number of pyridine rings is 1. The Labute approximate surface area is 224 Å². The van der Waals surface area contributed by atoms with Crippen molar-refractivity contribution in [2.45, 2.75) is 56.9 Å². The van der Waals surface area contributed by atoms with Gasteiger partial charge in [0.25, 0.3) is 0 Å². The Hall–Kier alpha value is -3.64. The van der Waals surface area contributed by atoms with Crippen molar-refractivity contribution in [1.29, 1.82) is 0 Å². The minimum atomic E-state index is -6.47. The Balaban J connectivity index is 1.71. The molecule has 0 saturated carbocycles. The molecule has 0 fully saturated rings. The van der Waals surface area contributed by atoms with E-state index in [1.54, 1.807) is 24.5 Å². The van der Waals surface area contributed by atoms with Gasteiger partial charge in [0.1, 0.15) is 5.75 Å². The molecule has 5 nitrogen and oxygen atoms in total. The number of carbonyl (C=O) groups excluding carboxylic acids is 1. The smallest absolute Gasteiger partial charge is 0.378 e. The van der Waals surface area contributed by atoms with Gasteiger partial charge in [-0.1, -0.05) is 6.58 Å². The molecule has 0 aliphatic rings. The van der Waals surface area contributed by atoms with Crippen LogP contribution in [0.1, 0.15) is 26.7 Å². The normalized spacial score (nSPS) is 12.9. The minimum Gasteiger partial charge on any atom is -0.493 e. The number of halogens is 8. The van der Waals surface area contributed by atoms with Crippen LogP contribution in [0, 0.1) is 0 Å². The molecule has 0 unspecified atom stereocenters. The molecule has 3 aromatic rings. The molecule has 2 aromatic heterocycles. The average molecular weight is 578 g/mol. The van der Waals surface area contributed by atoms with Gasteiger partial charge < -0.3 is 14.0 Å². The van der Waals surface area contributed by atoms with Crippen LogP contribution < -0.4 is 4.74 Å². The monoisotopic (exact) mass is 578 g/mol. The van der Waals surface area contributed by atoms with Gasteiger partial charge in [-0.05, 0) is 44.2 Å². The molecular formula is C27H26F8N2O3. The zero-order chi connectivity index (χ0) is 29.9. The van der Waals surface area contributed by atoms with Gasteiger partial charge in [0.05, 0.1) is 37.3 Å². The number of aromatic nitrogens is 2. The molecule has 3 rings (SSSR count). The number of alkyl halides is 8. The first kappa shape index (κ1) is 30.9. The van der Waals surface area contributed by atoms with E-state index < -0.39 is 55.7 Å². The molecule has 40 heavy (non-hydrogen) atoms. The molecule has 0 aliphatic heterocycles. The molecule has 0 amide bonds. The molecule has 13 heteroatoms. The number of hydrogen-bond donors (Lipinski definition) is 0. The largest absolute Gasteiger partial charge is 0.493 e. The van der Waals surface area contributed by atoms with Gasteiger partial charge in [-0.3, -0.25) is 4.98 Å². The van der Waals surface area contributed by atoms with Gasteiger partial charge in [0.2, 0.25) is 0 Å². The van der Waals surface area contributed by atoms with Crippen LogP contribution in [0.25, 0.3) is 22.2 Å². The van der Waals surface area contributed by atoms with E-state index in [0.29, 0.717) is 12.1 Å². The lowest BCUT2D eigenvalue weighted by molar-refractivity contribution is -0.368. The topological polar surface area (TPSA) is 53.4 Å². The summed E-state index contributed by atoms with van der Waals surface area (Å²) in [5.74, 6) is -25.4. The Bertz CT molecular complexity index is 1360. The maximum absolute atomic E-state index is 14.3. The number of ether oxygens (including phenoxy) is 2. The predicted octanol–water partition coefficient (Wildman–Crippen LogP) is 7.54. The number of aryl methyl sites for hydroxylation is 1. The van der Waals surface area contributed by atoms with Crippen LogP contribution in [-0.2, 0) is 16.1 Å². The molecule has 2 heterocycles. The molecule has 0 aliphatic carbocycles. The van der Waals surface area contributed by atoms with E-state index in [0.717, 1.165) is 23.6 Å². The van der Waals surface area contributed by atoms with Crippen LogP contribution in [0.2, 0.25) is 0 Å². The van der Waals surface area contributed by atoms with E-state index in [4.69, 9.17) is 4.74 Å². The maximum Gasteiger partial charge on any atom is 0.378 e. The van der Waals surface area contributed by atoms with Crippen LogP contribution in [0.15, 0.2) is 60.9 Å². The zero-order valence-electron chi connectivity index (χ0n) is 21.5. The van der Waals surface area contributed by atoms with Crippen LogP contribution >= 0.6 is 0 Å². The van der Waals surface area contributed by atoms with Gasteiger partial charge >= 0.3 is 29.7 Å². The van der Waals surface area contributed by atoms with E-state index >= 15 is 0 Å². The van der Waals surface area contributed by atoms with Gasteiger partial charge in [0.15, 0.2) is 0 Å². The molecule has 0 saturated heterocycles. The molecule has 0 N–H and O–H groups in total. The fraction of sp³-hybridized carbons (Fsp3) is 0.407. The molecule has 1 aromatic carbocycles. The van der Waals surface area contributed by atoms with E-state index in [1.807, 2.05) is 23.6 Å². The highest BCUT2D eigenvalue weighted by Crippen LogP contribution is 2.54. The van der Waals surface area contributed by atoms with Gasteiger partial charge in [0, 0.05) is 41.5 Å². The fourth-order valence-corrected chi connectivity index (χ4v) is 3.88. The standard InChI is InChI=1S/C27H26F8N2O3/c1-4-37-21(19-6-5-11-36-16-19)14-18-7-8-20(15-22(18)37)39-12-9-24(28,29)26(32,33)27(34,35)25(30,31)10-13-40-23(38)17(2)3/h5-8,11,14-16H,2,4,9-10,12-13H2,1,3H3. The van der Waals surface area contributed by atoms with Crippen molar-refractivity contribution in [1.82, 2.24) is 9.55 Å². The number of esters is 1. The summed E-state index contributed by atoms with van der Waals surface area (Å²) in [5.41, 5.74) is 1.96. The first-order valence-corrected chi connectivity index (χ1v) is 12.1. The van der Waals surface area contributed by atoms with E-state index in [1.165, 1.54) is 12.1 Å². The Kier molecular flexibility index (Phi) is 8.85. The van der Waals surface area contributed by atoms with Crippen molar-refractivity contribution in [3.05, 3.63) is 60.9 Å². The van der Waals surface area contributed by atoms with Crippen molar-refractivity contribution in [2.75, 3.05) is 13.2 Å². The summed E-state index contributed by atoms with van der Waals surface area (Å²) < 4.78 is 124. The molecule has 218 valence electrons. The molecule has 0 atom stereocenters. The van der Waals surface area contributed by atoms with Crippen molar-refractivity contribution >= 4 is 16.9 Å². The number of carbonyl (C=O) groups is 1. The van der Waals surface area contributed by atoms with Crippen LogP contribution in [0.5, 0.6) is 5.75 Å². The van der Waals surface area contributed by atoms with Crippen LogP contribution in [0.4, 0.5) is 35.1 Å². The van der Waals surface area contributed by atoms with Gasteiger partial charge in [-0.25, -0.2) is 4.79 Å². The first-order chi connectivity index (χ1) is 18.6. The zero-order valence-corrected chi connectivity index (χ0v) is 21.5. The number of hydrogen-bond acceptors (Lipinski definition) is 4. The Morgan fingerprint density at radius 2 is 1.57 bits per heavy atom. The highest BCUT2D eigenvalue weighted by Gasteiger charge is 2.79. The number of fused-ring (bicyclic) bond motifs is 1. The maximum atomic E-state index is 14.3. The average Bonchev–Trinajstić information content (AvgIpc) is 3.26. The van der Waals surface area contributed by atoms with Crippen molar-refractivity contribution in [3.63, 3.8) is 0 Å². The fourth-order valence-electron chi connectivity index (χ4n) is 3.88. The summed E-state index contributed by atoms with van der Waals surface area (Å²) in [6.07, 6.45) is -0.843. The summed E-state index contributed by atoms with van der Waals surface area (Å²) in [6.45, 7) is 4.03. The van der Waals surface area contributed by atoms with Gasteiger partial charge in [-0.2, -0.15) is 35.1 Å². The minimum absolute atomic E-state index is 0.0198. The number of rotatable bonds is 13. The van der Waals surface area contributed by atoms with E-state index in [2.05, 4.69) is 16.3 Å². The van der Waals surface area contributed by atoms with Crippen molar-refractivity contribution in [3.8, 4) is 17.0 Å². The van der Waals surface area contributed by atoms with Crippen molar-refractivity contribution < 1.29 is 49.4 Å². The molecule has 0 radical (unpaired) electrons. The summed E-state index contributed by atoms with van der Waals surface area (Å²) in [5, 5.41) is 0.751. The second-order valence-electron chi connectivity index (χ2n) is 9.06. The predicted molar refractivity (Wildman–Crippen MR) is 131 cm³/mol. The molecule has 0 spiro atoms. The van der Waals surface area contributed by atoms with Crippen molar-refractivity contribution in [2.24, 2.45) is 0 Å². The summed E-state index contributed by atoms with van der Waals surface area (Å²) in [4.78, 5) is 15.3. The van der Waals surface area contributed by atoms with Gasteiger partial charge in [-0.15, -0.1) is 0 Å². The third-order valence-corrected chi connectivity index (χ3v) is 6.14. The number of benzene rings is 1. The second kappa shape index (κ2) is 11.5. The molecular weight excluding hydrogens is 552 g/mol. The summed E-state index contributed by atoms with van der Waals surface area (Å²) >= 11 is 0. The second-order valence-corrected chi connectivity index (χ2v) is 9.06. The van der Waals surface area contributed by atoms with Crippen LogP contribution in [-0.4, -0.2) is 52.4 Å². The summed E-state index contributed by atoms with van der Waals surface area (Å²) in [6, 6.07) is 9.87. The Morgan fingerprint density at radius 3 is 2.12 bits per heavy atom. The SMILES string of the molecule is C=C(C)C(=O)OCCC(F)(F)C(F)(F)C(F)(F)C(F)(F)CCOc1ccc2cc(-c3cccnc3)n(CC)c2c1.